The molecule has 0 unspecified atom stereocenters. The lowest BCUT2D eigenvalue weighted by atomic mass is 10.1. The van der Waals surface area contributed by atoms with Crippen molar-refractivity contribution < 1.29 is 9.53 Å². The van der Waals surface area contributed by atoms with E-state index in [9.17, 15) is 4.79 Å². The summed E-state index contributed by atoms with van der Waals surface area (Å²) in [7, 11) is 1.58. The summed E-state index contributed by atoms with van der Waals surface area (Å²) in [6.07, 6.45) is 0. The Labute approximate surface area is 147 Å². The van der Waals surface area contributed by atoms with E-state index in [1.807, 2.05) is 54.6 Å². The van der Waals surface area contributed by atoms with Crippen molar-refractivity contribution in [2.45, 2.75) is 0 Å². The second kappa shape index (κ2) is 7.85. The Kier molecular flexibility index (Phi) is 5.13. The first-order chi connectivity index (χ1) is 12.2. The number of hydrogen-bond acceptors (Lipinski definition) is 2. The fourth-order valence-electron chi connectivity index (χ4n) is 2.31. The Morgan fingerprint density at radius 2 is 1.56 bits per heavy atom. The molecule has 0 heterocycles. The van der Waals surface area contributed by atoms with Gasteiger partial charge in [-0.15, -0.1) is 0 Å². The van der Waals surface area contributed by atoms with Gasteiger partial charge in [0.05, 0.1) is 7.11 Å². The minimum Gasteiger partial charge on any atom is -0.497 e. The van der Waals surface area contributed by atoms with Crippen molar-refractivity contribution >= 4 is 11.6 Å². The van der Waals surface area contributed by atoms with Crippen molar-refractivity contribution in [3.8, 4) is 17.6 Å². The van der Waals surface area contributed by atoms with Crippen LogP contribution < -0.4 is 10.1 Å². The van der Waals surface area contributed by atoms with E-state index in [4.69, 9.17) is 4.74 Å². The molecule has 3 aromatic rings. The van der Waals surface area contributed by atoms with Crippen LogP contribution in [0.5, 0.6) is 5.75 Å². The zero-order valence-electron chi connectivity index (χ0n) is 13.8. The van der Waals surface area contributed by atoms with Gasteiger partial charge in [-0.3, -0.25) is 4.79 Å². The molecule has 122 valence electrons. The largest absolute Gasteiger partial charge is 0.497 e. The van der Waals surface area contributed by atoms with Crippen LogP contribution >= 0.6 is 0 Å². The van der Waals surface area contributed by atoms with Crippen molar-refractivity contribution in [3.63, 3.8) is 0 Å². The molecule has 0 radical (unpaired) electrons. The summed E-state index contributed by atoms with van der Waals surface area (Å²) in [5, 5.41) is 2.89. The van der Waals surface area contributed by atoms with Crippen LogP contribution in [0.4, 0.5) is 5.69 Å². The number of ether oxygens (including phenoxy) is 1. The van der Waals surface area contributed by atoms with E-state index in [0.717, 1.165) is 11.1 Å². The van der Waals surface area contributed by atoms with Crippen LogP contribution in [0.1, 0.15) is 21.5 Å². The molecule has 25 heavy (non-hydrogen) atoms. The summed E-state index contributed by atoms with van der Waals surface area (Å²) in [6.45, 7) is 0. The molecule has 0 aliphatic carbocycles. The van der Waals surface area contributed by atoms with Gasteiger partial charge in [0, 0.05) is 22.4 Å². The van der Waals surface area contributed by atoms with E-state index < -0.39 is 0 Å². The molecule has 0 spiro atoms. The summed E-state index contributed by atoms with van der Waals surface area (Å²) < 4.78 is 5.15. The SMILES string of the molecule is COc1cccc(C(=O)Nc2cccc(C#Cc3ccccc3)c2)c1. The molecule has 0 saturated carbocycles. The van der Waals surface area contributed by atoms with Crippen LogP contribution in [0.15, 0.2) is 78.9 Å². The first kappa shape index (κ1) is 16.4. The fourth-order valence-corrected chi connectivity index (χ4v) is 2.31. The number of benzene rings is 3. The molecule has 3 nitrogen and oxygen atoms in total. The van der Waals surface area contributed by atoms with Crippen LogP contribution in [0.3, 0.4) is 0 Å². The molecule has 0 fully saturated rings. The van der Waals surface area contributed by atoms with Crippen molar-refractivity contribution in [2.24, 2.45) is 0 Å². The first-order valence-corrected chi connectivity index (χ1v) is 7.87. The Balaban J connectivity index is 1.75. The molecule has 0 saturated heterocycles. The van der Waals surface area contributed by atoms with Crippen molar-refractivity contribution in [1.82, 2.24) is 0 Å². The molecule has 1 amide bonds. The quantitative estimate of drug-likeness (QED) is 0.726. The molecule has 3 rings (SSSR count). The van der Waals surface area contributed by atoms with E-state index in [-0.39, 0.29) is 5.91 Å². The Bertz CT molecular complexity index is 937. The number of hydrogen-bond donors (Lipinski definition) is 1. The topological polar surface area (TPSA) is 38.3 Å². The van der Waals surface area contributed by atoms with Gasteiger partial charge in [-0.1, -0.05) is 42.2 Å². The normalized spacial score (nSPS) is 9.64. The highest BCUT2D eigenvalue weighted by molar-refractivity contribution is 6.04. The predicted octanol–water partition coefficient (Wildman–Crippen LogP) is 4.35. The third-order valence-corrected chi connectivity index (χ3v) is 3.58. The van der Waals surface area contributed by atoms with Crippen molar-refractivity contribution in [1.29, 1.82) is 0 Å². The first-order valence-electron chi connectivity index (χ1n) is 7.87. The molecule has 0 aromatic heterocycles. The van der Waals surface area contributed by atoms with Gasteiger partial charge < -0.3 is 10.1 Å². The van der Waals surface area contributed by atoms with E-state index >= 15 is 0 Å². The third kappa shape index (κ3) is 4.49. The van der Waals surface area contributed by atoms with E-state index in [0.29, 0.717) is 17.0 Å². The maximum absolute atomic E-state index is 12.4. The lowest BCUT2D eigenvalue weighted by molar-refractivity contribution is 0.102. The summed E-state index contributed by atoms with van der Waals surface area (Å²) in [4.78, 5) is 12.4. The average molecular weight is 327 g/mol. The summed E-state index contributed by atoms with van der Waals surface area (Å²) >= 11 is 0. The minimum absolute atomic E-state index is 0.188. The summed E-state index contributed by atoms with van der Waals surface area (Å²) in [6, 6.07) is 24.3. The Hall–Kier alpha value is -3.51. The lowest BCUT2D eigenvalue weighted by Gasteiger charge is -2.07. The number of carbonyl (C=O) groups excluding carboxylic acids is 1. The van der Waals surface area contributed by atoms with Crippen LogP contribution in [0.25, 0.3) is 0 Å². The highest BCUT2D eigenvalue weighted by Crippen LogP contribution is 2.15. The molecule has 3 aromatic carbocycles. The van der Waals surface area contributed by atoms with Gasteiger partial charge in [0.1, 0.15) is 5.75 Å². The smallest absolute Gasteiger partial charge is 0.255 e. The monoisotopic (exact) mass is 327 g/mol. The zero-order chi connectivity index (χ0) is 17.5. The van der Waals surface area contributed by atoms with E-state index in [1.54, 1.807) is 31.4 Å². The molecule has 0 bridgehead atoms. The molecule has 0 aliphatic rings. The molecular weight excluding hydrogens is 310 g/mol. The molecule has 0 atom stereocenters. The fraction of sp³-hybridized carbons (Fsp3) is 0.0455. The summed E-state index contributed by atoms with van der Waals surface area (Å²) in [5.41, 5.74) is 3.04. The van der Waals surface area contributed by atoms with E-state index in [1.165, 1.54) is 0 Å². The highest BCUT2D eigenvalue weighted by atomic mass is 16.5. The lowest BCUT2D eigenvalue weighted by Crippen LogP contribution is -2.11. The van der Waals surface area contributed by atoms with Gasteiger partial charge in [0.2, 0.25) is 0 Å². The van der Waals surface area contributed by atoms with Gasteiger partial charge in [0.15, 0.2) is 0 Å². The van der Waals surface area contributed by atoms with Gasteiger partial charge >= 0.3 is 0 Å². The van der Waals surface area contributed by atoms with Crippen molar-refractivity contribution in [2.75, 3.05) is 12.4 Å². The zero-order valence-corrected chi connectivity index (χ0v) is 13.8. The third-order valence-electron chi connectivity index (χ3n) is 3.58. The second-order valence-electron chi connectivity index (χ2n) is 5.38. The molecule has 3 heteroatoms. The number of carbonyl (C=O) groups is 1. The molecular formula is C22H17NO2. The van der Waals surface area contributed by atoms with Crippen LogP contribution in [-0.2, 0) is 0 Å². The number of anilines is 1. The van der Waals surface area contributed by atoms with Crippen molar-refractivity contribution in [3.05, 3.63) is 95.6 Å². The van der Waals surface area contributed by atoms with Gasteiger partial charge in [-0.05, 0) is 48.5 Å². The number of nitrogens with one attached hydrogen (secondary N) is 1. The molecule has 0 aliphatic heterocycles. The maximum atomic E-state index is 12.4. The van der Waals surface area contributed by atoms with Gasteiger partial charge in [-0.25, -0.2) is 0 Å². The number of amides is 1. The maximum Gasteiger partial charge on any atom is 0.255 e. The molecule has 1 N–H and O–H groups in total. The van der Waals surface area contributed by atoms with Crippen LogP contribution in [0, 0.1) is 11.8 Å². The highest BCUT2D eigenvalue weighted by Gasteiger charge is 2.07. The predicted molar refractivity (Wildman–Crippen MR) is 99.8 cm³/mol. The van der Waals surface area contributed by atoms with Gasteiger partial charge in [0.25, 0.3) is 5.91 Å². The Morgan fingerprint density at radius 3 is 2.36 bits per heavy atom. The Morgan fingerprint density at radius 1 is 0.840 bits per heavy atom. The van der Waals surface area contributed by atoms with Crippen LogP contribution in [0.2, 0.25) is 0 Å². The standard InChI is InChI=1S/C22H17NO2/c1-25-21-12-6-10-19(16-21)22(24)23-20-11-5-9-18(15-20)14-13-17-7-3-2-4-8-17/h2-12,15-16H,1H3,(H,23,24). The van der Waals surface area contributed by atoms with Gasteiger partial charge in [-0.2, -0.15) is 0 Å². The van der Waals surface area contributed by atoms with E-state index in [2.05, 4.69) is 17.2 Å². The van der Waals surface area contributed by atoms with Crippen LogP contribution in [-0.4, -0.2) is 13.0 Å². The second-order valence-corrected chi connectivity index (χ2v) is 5.38. The number of rotatable bonds is 3. The average Bonchev–Trinajstić information content (AvgIpc) is 2.67. The number of methoxy groups -OCH3 is 1. The minimum atomic E-state index is -0.188. The summed E-state index contributed by atoms with van der Waals surface area (Å²) in [5.74, 6) is 6.68.